The molecular weight excluding hydrogens is 209 g/mol. The SMILES string of the molecule is Cn1c(C=O)cc2c3ccc(F)cc3oc21. The standard InChI is InChI=1S/C12H8FNO2/c1-14-8(6-15)5-10-9-3-2-7(13)4-11(9)16-12(10)14/h2-6H,1H3. The highest BCUT2D eigenvalue weighted by Gasteiger charge is 2.13. The molecule has 0 amide bonds. The highest BCUT2D eigenvalue weighted by molar-refractivity contribution is 6.06. The molecule has 0 saturated carbocycles. The fourth-order valence-corrected chi connectivity index (χ4v) is 1.94. The number of fused-ring (bicyclic) bond motifs is 3. The Kier molecular flexibility index (Phi) is 1.68. The van der Waals surface area contributed by atoms with Crippen molar-refractivity contribution < 1.29 is 13.6 Å². The fraction of sp³-hybridized carbons (Fsp3) is 0.0833. The van der Waals surface area contributed by atoms with Gasteiger partial charge < -0.3 is 8.98 Å². The molecular formula is C12H8FNO2. The summed E-state index contributed by atoms with van der Waals surface area (Å²) in [5, 5.41) is 1.65. The quantitative estimate of drug-likeness (QED) is 0.587. The van der Waals surface area contributed by atoms with E-state index in [-0.39, 0.29) is 5.82 Å². The molecule has 0 fully saturated rings. The van der Waals surface area contributed by atoms with Crippen molar-refractivity contribution in [2.75, 3.05) is 0 Å². The van der Waals surface area contributed by atoms with Gasteiger partial charge in [0, 0.05) is 23.9 Å². The van der Waals surface area contributed by atoms with Crippen LogP contribution in [-0.4, -0.2) is 10.9 Å². The van der Waals surface area contributed by atoms with Crippen molar-refractivity contribution in [3.05, 3.63) is 35.8 Å². The van der Waals surface area contributed by atoms with Gasteiger partial charge in [-0.2, -0.15) is 0 Å². The number of furan rings is 1. The molecule has 0 atom stereocenters. The summed E-state index contributed by atoms with van der Waals surface area (Å²) in [5.74, 6) is -0.331. The molecule has 0 radical (unpaired) electrons. The Labute approximate surface area is 90.1 Å². The Morgan fingerprint density at radius 2 is 2.12 bits per heavy atom. The van der Waals surface area contributed by atoms with E-state index in [9.17, 15) is 9.18 Å². The number of aryl methyl sites for hydroxylation is 1. The van der Waals surface area contributed by atoms with Crippen LogP contribution in [0.4, 0.5) is 4.39 Å². The summed E-state index contributed by atoms with van der Waals surface area (Å²) in [4.78, 5) is 10.8. The van der Waals surface area contributed by atoms with E-state index >= 15 is 0 Å². The number of hydrogen-bond acceptors (Lipinski definition) is 2. The maximum atomic E-state index is 13.0. The molecule has 0 bridgehead atoms. The van der Waals surface area contributed by atoms with Crippen LogP contribution in [0.5, 0.6) is 0 Å². The minimum Gasteiger partial charge on any atom is -0.439 e. The number of rotatable bonds is 1. The van der Waals surface area contributed by atoms with Crippen molar-refractivity contribution in [1.29, 1.82) is 0 Å². The highest BCUT2D eigenvalue weighted by atomic mass is 19.1. The van der Waals surface area contributed by atoms with Crippen LogP contribution in [0.1, 0.15) is 10.5 Å². The monoisotopic (exact) mass is 217 g/mol. The lowest BCUT2D eigenvalue weighted by molar-refractivity contribution is 0.111. The molecule has 1 aromatic carbocycles. The Balaban J connectivity index is 2.49. The average Bonchev–Trinajstić information content (AvgIpc) is 2.75. The van der Waals surface area contributed by atoms with Gasteiger partial charge >= 0.3 is 0 Å². The molecule has 2 heterocycles. The van der Waals surface area contributed by atoms with Crippen LogP contribution in [0.25, 0.3) is 22.1 Å². The Morgan fingerprint density at radius 1 is 1.31 bits per heavy atom. The Bertz CT molecular complexity index is 709. The van der Waals surface area contributed by atoms with Crippen molar-refractivity contribution in [3.63, 3.8) is 0 Å². The van der Waals surface area contributed by atoms with Crippen molar-refractivity contribution in [3.8, 4) is 0 Å². The lowest BCUT2D eigenvalue weighted by atomic mass is 10.2. The summed E-state index contributed by atoms with van der Waals surface area (Å²) >= 11 is 0. The van der Waals surface area contributed by atoms with Crippen LogP contribution >= 0.6 is 0 Å². The molecule has 0 aliphatic carbocycles. The first-order valence-corrected chi connectivity index (χ1v) is 4.83. The number of benzene rings is 1. The summed E-state index contributed by atoms with van der Waals surface area (Å²) in [6.07, 6.45) is 0.769. The lowest BCUT2D eigenvalue weighted by Crippen LogP contribution is -1.92. The van der Waals surface area contributed by atoms with Crippen LogP contribution < -0.4 is 0 Å². The third-order valence-corrected chi connectivity index (χ3v) is 2.78. The first-order chi connectivity index (χ1) is 7.70. The van der Waals surface area contributed by atoms with Crippen molar-refractivity contribution >= 4 is 28.4 Å². The molecule has 2 aromatic heterocycles. The lowest BCUT2D eigenvalue weighted by Gasteiger charge is -1.93. The number of carbonyl (C=O) groups excluding carboxylic acids is 1. The average molecular weight is 217 g/mol. The molecule has 3 nitrogen and oxygen atoms in total. The minimum atomic E-state index is -0.331. The van der Waals surface area contributed by atoms with E-state index in [0.29, 0.717) is 17.0 Å². The number of halogens is 1. The predicted octanol–water partition coefficient (Wildman–Crippen LogP) is 2.88. The smallest absolute Gasteiger partial charge is 0.208 e. The van der Waals surface area contributed by atoms with Gasteiger partial charge in [-0.3, -0.25) is 4.79 Å². The summed E-state index contributed by atoms with van der Waals surface area (Å²) in [6.45, 7) is 0. The van der Waals surface area contributed by atoms with Gasteiger partial charge in [0.2, 0.25) is 5.71 Å². The molecule has 80 valence electrons. The van der Waals surface area contributed by atoms with Crippen molar-refractivity contribution in [1.82, 2.24) is 4.57 Å². The van der Waals surface area contributed by atoms with Crippen LogP contribution in [0.15, 0.2) is 28.7 Å². The molecule has 3 rings (SSSR count). The van der Waals surface area contributed by atoms with Gasteiger partial charge in [-0.15, -0.1) is 0 Å². The third kappa shape index (κ3) is 1.04. The van der Waals surface area contributed by atoms with E-state index in [2.05, 4.69) is 0 Å². The first-order valence-electron chi connectivity index (χ1n) is 4.83. The van der Waals surface area contributed by atoms with E-state index in [1.54, 1.807) is 23.7 Å². The Morgan fingerprint density at radius 3 is 2.88 bits per heavy atom. The normalized spacial score (nSPS) is 11.4. The topological polar surface area (TPSA) is 35.1 Å². The number of aldehydes is 1. The summed E-state index contributed by atoms with van der Waals surface area (Å²) in [5.41, 5.74) is 1.63. The fourth-order valence-electron chi connectivity index (χ4n) is 1.94. The second-order valence-corrected chi connectivity index (χ2v) is 3.71. The molecule has 0 saturated heterocycles. The summed E-state index contributed by atoms with van der Waals surface area (Å²) in [6, 6.07) is 6.12. The van der Waals surface area contributed by atoms with Gasteiger partial charge in [-0.05, 0) is 18.2 Å². The van der Waals surface area contributed by atoms with E-state index in [1.165, 1.54) is 12.1 Å². The molecule has 0 N–H and O–H groups in total. The maximum Gasteiger partial charge on any atom is 0.208 e. The van der Waals surface area contributed by atoms with Gasteiger partial charge in [0.25, 0.3) is 0 Å². The number of nitrogens with zero attached hydrogens (tertiary/aromatic N) is 1. The van der Waals surface area contributed by atoms with E-state index < -0.39 is 0 Å². The maximum absolute atomic E-state index is 13.0. The second-order valence-electron chi connectivity index (χ2n) is 3.71. The highest BCUT2D eigenvalue weighted by Crippen LogP contribution is 2.30. The first kappa shape index (κ1) is 9.15. The van der Waals surface area contributed by atoms with Crippen LogP contribution in [0.2, 0.25) is 0 Å². The summed E-state index contributed by atoms with van der Waals surface area (Å²) < 4.78 is 20.2. The summed E-state index contributed by atoms with van der Waals surface area (Å²) in [7, 11) is 1.74. The zero-order valence-corrected chi connectivity index (χ0v) is 8.53. The molecule has 0 unspecified atom stereocenters. The number of carbonyl (C=O) groups is 1. The molecule has 16 heavy (non-hydrogen) atoms. The van der Waals surface area contributed by atoms with Gasteiger partial charge in [-0.25, -0.2) is 4.39 Å². The van der Waals surface area contributed by atoms with Crippen molar-refractivity contribution in [2.24, 2.45) is 7.05 Å². The van der Waals surface area contributed by atoms with E-state index in [1.807, 2.05) is 0 Å². The largest absolute Gasteiger partial charge is 0.439 e. The van der Waals surface area contributed by atoms with E-state index in [0.717, 1.165) is 17.1 Å². The van der Waals surface area contributed by atoms with Crippen LogP contribution in [-0.2, 0) is 7.05 Å². The number of hydrogen-bond donors (Lipinski definition) is 0. The number of aromatic nitrogens is 1. The Hall–Kier alpha value is -2.10. The predicted molar refractivity (Wildman–Crippen MR) is 58.0 cm³/mol. The van der Waals surface area contributed by atoms with Crippen LogP contribution in [0, 0.1) is 5.82 Å². The van der Waals surface area contributed by atoms with Gasteiger partial charge in [0.1, 0.15) is 11.4 Å². The second kappa shape index (κ2) is 2.95. The molecule has 0 spiro atoms. The van der Waals surface area contributed by atoms with E-state index in [4.69, 9.17) is 4.42 Å². The van der Waals surface area contributed by atoms with Gasteiger partial charge in [0.05, 0.1) is 5.69 Å². The van der Waals surface area contributed by atoms with Crippen molar-refractivity contribution in [2.45, 2.75) is 0 Å². The van der Waals surface area contributed by atoms with Crippen LogP contribution in [0.3, 0.4) is 0 Å². The molecule has 3 aromatic rings. The van der Waals surface area contributed by atoms with Gasteiger partial charge in [0.15, 0.2) is 6.29 Å². The minimum absolute atomic E-state index is 0.331. The molecule has 0 aliphatic rings. The molecule has 4 heteroatoms. The molecule has 0 aliphatic heterocycles. The third-order valence-electron chi connectivity index (χ3n) is 2.78. The zero-order chi connectivity index (χ0) is 11.3. The van der Waals surface area contributed by atoms with Gasteiger partial charge in [-0.1, -0.05) is 0 Å². The zero-order valence-electron chi connectivity index (χ0n) is 8.53.